The summed E-state index contributed by atoms with van der Waals surface area (Å²) in [4.78, 5) is 30.0. The summed E-state index contributed by atoms with van der Waals surface area (Å²) in [6, 6.07) is 14.4. The number of aliphatic hydroxyl groups is 1. The summed E-state index contributed by atoms with van der Waals surface area (Å²) in [6.07, 6.45) is 0.640. The van der Waals surface area contributed by atoms with Gasteiger partial charge in [0.05, 0.1) is 11.6 Å². The standard InChI is InChI=1S/C30H28F2N2O4/c1-4-33(5-2)21-9-6-18(7-10-21)27-26(28(35)19-8-13-25-20(15-19)14-17(3)38-25)29(36)30(37)34(27)22-11-12-23(31)24(32)16-22/h6-13,15-17,27,35H,4-5,14H2,1-3H3/b28-26-. The lowest BCUT2D eigenvalue weighted by atomic mass is 9.94. The van der Waals surface area contributed by atoms with Crippen molar-refractivity contribution in [2.24, 2.45) is 0 Å². The van der Waals surface area contributed by atoms with Crippen LogP contribution in [0.5, 0.6) is 5.75 Å². The van der Waals surface area contributed by atoms with Gasteiger partial charge in [0.25, 0.3) is 11.7 Å². The second-order valence-electron chi connectivity index (χ2n) is 9.49. The first-order valence-corrected chi connectivity index (χ1v) is 12.6. The maximum atomic E-state index is 14.2. The lowest BCUT2D eigenvalue weighted by Crippen LogP contribution is -2.29. The van der Waals surface area contributed by atoms with Crippen molar-refractivity contribution in [1.29, 1.82) is 0 Å². The summed E-state index contributed by atoms with van der Waals surface area (Å²) in [5.41, 5.74) is 2.65. The first kappa shape index (κ1) is 25.4. The Morgan fingerprint density at radius 2 is 1.71 bits per heavy atom. The van der Waals surface area contributed by atoms with Gasteiger partial charge in [-0.15, -0.1) is 0 Å². The van der Waals surface area contributed by atoms with E-state index in [0.29, 0.717) is 23.3 Å². The van der Waals surface area contributed by atoms with Crippen LogP contribution in [0, 0.1) is 11.6 Å². The number of halogens is 2. The van der Waals surface area contributed by atoms with Crippen molar-refractivity contribution >= 4 is 28.8 Å². The third kappa shape index (κ3) is 4.30. The molecule has 2 unspecified atom stereocenters. The Bertz CT molecular complexity index is 1450. The van der Waals surface area contributed by atoms with Crippen LogP contribution in [0.15, 0.2) is 66.2 Å². The molecule has 1 saturated heterocycles. The van der Waals surface area contributed by atoms with Crippen LogP contribution in [-0.2, 0) is 16.0 Å². The molecule has 0 bridgehead atoms. The van der Waals surface area contributed by atoms with E-state index in [4.69, 9.17) is 4.74 Å². The molecule has 2 atom stereocenters. The zero-order valence-electron chi connectivity index (χ0n) is 21.4. The van der Waals surface area contributed by atoms with E-state index in [2.05, 4.69) is 4.90 Å². The van der Waals surface area contributed by atoms with Gasteiger partial charge < -0.3 is 14.7 Å². The first-order valence-electron chi connectivity index (χ1n) is 12.6. The van der Waals surface area contributed by atoms with Crippen molar-refractivity contribution in [3.05, 3.63) is 94.6 Å². The number of rotatable bonds is 6. The largest absolute Gasteiger partial charge is 0.507 e. The molecule has 0 aliphatic carbocycles. The van der Waals surface area contributed by atoms with E-state index < -0.39 is 29.4 Å². The van der Waals surface area contributed by atoms with Crippen molar-refractivity contribution in [1.82, 2.24) is 0 Å². The molecule has 2 heterocycles. The van der Waals surface area contributed by atoms with Crippen LogP contribution < -0.4 is 14.5 Å². The molecule has 1 amide bonds. The summed E-state index contributed by atoms with van der Waals surface area (Å²) >= 11 is 0. The number of Topliss-reactive ketones (excluding diaryl/α,β-unsaturated/α-hetero) is 1. The minimum absolute atomic E-state index is 0.00864. The third-order valence-electron chi connectivity index (χ3n) is 7.13. The van der Waals surface area contributed by atoms with E-state index >= 15 is 0 Å². The summed E-state index contributed by atoms with van der Waals surface area (Å²) in [5, 5.41) is 11.4. The van der Waals surface area contributed by atoms with Gasteiger partial charge in [0.2, 0.25) is 0 Å². The van der Waals surface area contributed by atoms with Crippen LogP contribution in [-0.4, -0.2) is 36.0 Å². The fraction of sp³-hybridized carbons (Fsp3) is 0.267. The second kappa shape index (κ2) is 9.93. The van der Waals surface area contributed by atoms with Gasteiger partial charge in [-0.2, -0.15) is 0 Å². The van der Waals surface area contributed by atoms with Crippen LogP contribution in [0.3, 0.4) is 0 Å². The van der Waals surface area contributed by atoms with E-state index in [-0.39, 0.29) is 23.1 Å². The molecule has 0 aromatic heterocycles. The topological polar surface area (TPSA) is 70.1 Å². The molecule has 0 radical (unpaired) electrons. The highest BCUT2D eigenvalue weighted by atomic mass is 19.2. The van der Waals surface area contributed by atoms with Crippen molar-refractivity contribution in [2.45, 2.75) is 39.3 Å². The van der Waals surface area contributed by atoms with Gasteiger partial charge in [-0.05, 0) is 74.4 Å². The minimum Gasteiger partial charge on any atom is -0.507 e. The Labute approximate surface area is 219 Å². The van der Waals surface area contributed by atoms with Crippen LogP contribution in [0.1, 0.15) is 43.5 Å². The number of fused-ring (bicyclic) bond motifs is 1. The van der Waals surface area contributed by atoms with E-state index in [1.165, 1.54) is 6.07 Å². The minimum atomic E-state index is -1.15. The van der Waals surface area contributed by atoms with Crippen molar-refractivity contribution in [3.63, 3.8) is 0 Å². The van der Waals surface area contributed by atoms with Crippen molar-refractivity contribution < 1.29 is 28.2 Å². The zero-order chi connectivity index (χ0) is 27.1. The van der Waals surface area contributed by atoms with E-state index in [1.807, 2.05) is 32.9 Å². The van der Waals surface area contributed by atoms with Gasteiger partial charge in [-0.1, -0.05) is 12.1 Å². The highest BCUT2D eigenvalue weighted by molar-refractivity contribution is 6.51. The third-order valence-corrected chi connectivity index (χ3v) is 7.13. The molecule has 1 fully saturated rings. The molecular formula is C30H28F2N2O4. The first-order chi connectivity index (χ1) is 18.2. The van der Waals surface area contributed by atoms with Crippen LogP contribution in [0.25, 0.3) is 5.76 Å². The molecule has 2 aliphatic rings. The number of anilines is 2. The molecular weight excluding hydrogens is 490 g/mol. The highest BCUT2D eigenvalue weighted by Crippen LogP contribution is 2.43. The van der Waals surface area contributed by atoms with E-state index in [9.17, 15) is 23.5 Å². The van der Waals surface area contributed by atoms with Gasteiger partial charge in [-0.3, -0.25) is 14.5 Å². The predicted octanol–water partition coefficient (Wildman–Crippen LogP) is 5.76. The number of ether oxygens (including phenoxy) is 1. The van der Waals surface area contributed by atoms with E-state index in [0.717, 1.165) is 41.4 Å². The summed E-state index contributed by atoms with van der Waals surface area (Å²) < 4.78 is 33.7. The SMILES string of the molecule is CCN(CC)c1ccc(C2/C(=C(/O)c3ccc4c(c3)CC(C)O4)C(=O)C(=O)N2c2ccc(F)c(F)c2)cc1. The normalized spacial score (nSPS) is 20.0. The highest BCUT2D eigenvalue weighted by Gasteiger charge is 2.47. The number of nitrogens with zero attached hydrogens (tertiary/aromatic N) is 2. The Morgan fingerprint density at radius 3 is 2.37 bits per heavy atom. The molecule has 1 N–H and O–H groups in total. The molecule has 5 rings (SSSR count). The van der Waals surface area contributed by atoms with Crippen LogP contribution in [0.4, 0.5) is 20.2 Å². The molecule has 3 aromatic carbocycles. The number of hydrogen-bond acceptors (Lipinski definition) is 5. The van der Waals surface area contributed by atoms with Gasteiger partial charge in [0, 0.05) is 42.5 Å². The van der Waals surface area contributed by atoms with Gasteiger partial charge in [0.1, 0.15) is 17.6 Å². The molecule has 0 spiro atoms. The molecule has 2 aliphatic heterocycles. The molecule has 38 heavy (non-hydrogen) atoms. The van der Waals surface area contributed by atoms with E-state index in [1.54, 1.807) is 30.3 Å². The number of benzene rings is 3. The number of carbonyl (C=O) groups is 2. The fourth-order valence-corrected chi connectivity index (χ4v) is 5.23. The molecule has 8 heteroatoms. The number of aliphatic hydroxyl groups excluding tert-OH is 1. The quantitative estimate of drug-likeness (QED) is 0.255. The smallest absolute Gasteiger partial charge is 0.300 e. The number of carbonyl (C=O) groups excluding carboxylic acids is 2. The summed E-state index contributed by atoms with van der Waals surface area (Å²) in [5.74, 6) is -3.69. The monoisotopic (exact) mass is 518 g/mol. The average Bonchev–Trinajstić information content (AvgIpc) is 3.41. The fourth-order valence-electron chi connectivity index (χ4n) is 5.23. The Hall–Kier alpha value is -4.20. The predicted molar refractivity (Wildman–Crippen MR) is 141 cm³/mol. The molecule has 196 valence electrons. The van der Waals surface area contributed by atoms with Gasteiger partial charge in [-0.25, -0.2) is 8.78 Å². The lowest BCUT2D eigenvalue weighted by Gasteiger charge is -2.27. The maximum absolute atomic E-state index is 14.2. The van der Waals surface area contributed by atoms with Crippen LogP contribution in [0.2, 0.25) is 0 Å². The van der Waals surface area contributed by atoms with Crippen molar-refractivity contribution in [2.75, 3.05) is 22.9 Å². The van der Waals surface area contributed by atoms with Gasteiger partial charge >= 0.3 is 0 Å². The molecule has 6 nitrogen and oxygen atoms in total. The Kier molecular flexibility index (Phi) is 6.65. The van der Waals surface area contributed by atoms with Crippen LogP contribution >= 0.6 is 0 Å². The molecule has 3 aromatic rings. The van der Waals surface area contributed by atoms with Crippen molar-refractivity contribution in [3.8, 4) is 5.75 Å². The number of amides is 1. The summed E-state index contributed by atoms with van der Waals surface area (Å²) in [7, 11) is 0. The average molecular weight is 519 g/mol. The second-order valence-corrected chi connectivity index (χ2v) is 9.49. The van der Waals surface area contributed by atoms with Gasteiger partial charge in [0.15, 0.2) is 11.6 Å². The molecule has 0 saturated carbocycles. The number of hydrogen-bond donors (Lipinski definition) is 1. The Morgan fingerprint density at radius 1 is 1.00 bits per heavy atom. The zero-order valence-corrected chi connectivity index (χ0v) is 21.4. The summed E-state index contributed by atoms with van der Waals surface area (Å²) in [6.45, 7) is 7.61. The lowest BCUT2D eigenvalue weighted by molar-refractivity contribution is -0.132. The Balaban J connectivity index is 1.67. The maximum Gasteiger partial charge on any atom is 0.300 e. The number of ketones is 1.